The van der Waals surface area contributed by atoms with Crippen molar-refractivity contribution in [2.75, 3.05) is 5.73 Å². The maximum Gasteiger partial charge on any atom is 0.250 e. The first-order valence-corrected chi connectivity index (χ1v) is 8.81. The molecular formula is C19H14ClN7O. The van der Waals surface area contributed by atoms with Crippen LogP contribution in [0.25, 0.3) is 32.9 Å². The molecule has 2 N–H and O–H groups in total. The van der Waals surface area contributed by atoms with Crippen LogP contribution in [-0.4, -0.2) is 24.1 Å². The summed E-state index contributed by atoms with van der Waals surface area (Å²) in [4.78, 5) is 24.4. The minimum atomic E-state index is -0.136. The van der Waals surface area contributed by atoms with Gasteiger partial charge in [-0.15, -0.1) is 16.7 Å². The Labute approximate surface area is 164 Å². The van der Waals surface area contributed by atoms with Gasteiger partial charge in [-0.1, -0.05) is 18.2 Å². The zero-order chi connectivity index (χ0) is 19.8. The molecule has 138 valence electrons. The van der Waals surface area contributed by atoms with Gasteiger partial charge in [0.05, 0.1) is 23.7 Å². The van der Waals surface area contributed by atoms with E-state index in [1.165, 1.54) is 15.1 Å². The first-order chi connectivity index (χ1) is 13.5. The van der Waals surface area contributed by atoms with Gasteiger partial charge in [0.2, 0.25) is 11.5 Å². The van der Waals surface area contributed by atoms with Crippen LogP contribution >= 0.6 is 11.6 Å². The van der Waals surface area contributed by atoms with Crippen LogP contribution in [0.3, 0.4) is 0 Å². The Bertz CT molecular complexity index is 1320. The average Bonchev–Trinajstić information content (AvgIpc) is 3.15. The second-order valence-electron chi connectivity index (χ2n) is 6.12. The number of aromatic nitrogens is 5. The second kappa shape index (κ2) is 6.79. The van der Waals surface area contributed by atoms with Crippen LogP contribution in [0, 0.1) is 6.57 Å². The van der Waals surface area contributed by atoms with E-state index in [4.69, 9.17) is 23.9 Å². The molecule has 0 aliphatic carbocycles. The summed E-state index contributed by atoms with van der Waals surface area (Å²) >= 11 is 5.91. The fourth-order valence-corrected chi connectivity index (χ4v) is 3.11. The molecule has 0 saturated heterocycles. The minimum absolute atomic E-state index is 0.121. The zero-order valence-corrected chi connectivity index (χ0v) is 15.6. The van der Waals surface area contributed by atoms with Crippen molar-refractivity contribution in [1.29, 1.82) is 0 Å². The van der Waals surface area contributed by atoms with E-state index in [1.54, 1.807) is 37.5 Å². The first-order valence-electron chi connectivity index (χ1n) is 8.28. The summed E-state index contributed by atoms with van der Waals surface area (Å²) in [5.41, 5.74) is 9.57. The van der Waals surface area contributed by atoms with Gasteiger partial charge >= 0.3 is 0 Å². The largest absolute Gasteiger partial charge is 0.368 e. The van der Waals surface area contributed by atoms with Gasteiger partial charge in [-0.3, -0.25) is 4.79 Å². The normalized spacial score (nSPS) is 10.9. The minimum Gasteiger partial charge on any atom is -0.368 e. The quantitative estimate of drug-likeness (QED) is 0.428. The lowest BCUT2D eigenvalue weighted by Crippen LogP contribution is -2.14. The number of hydrogen-bond donors (Lipinski definition) is 1. The lowest BCUT2D eigenvalue weighted by Gasteiger charge is -2.13. The lowest BCUT2D eigenvalue weighted by atomic mass is 10.0. The number of hydrogen-bond acceptors (Lipinski definition) is 5. The van der Waals surface area contributed by atoms with Crippen LogP contribution in [-0.2, 0) is 12.9 Å². The van der Waals surface area contributed by atoms with Crippen molar-refractivity contribution in [3.63, 3.8) is 0 Å². The van der Waals surface area contributed by atoms with Crippen LogP contribution in [0.15, 0.2) is 47.4 Å². The number of pyridine rings is 1. The fourth-order valence-electron chi connectivity index (χ4n) is 3.00. The van der Waals surface area contributed by atoms with E-state index >= 15 is 0 Å². The molecule has 4 rings (SSSR count). The third kappa shape index (κ3) is 2.88. The van der Waals surface area contributed by atoms with Crippen molar-refractivity contribution < 1.29 is 0 Å². The molecule has 1 aromatic carbocycles. The maximum atomic E-state index is 11.9. The molecule has 0 bridgehead atoms. The highest BCUT2D eigenvalue weighted by Gasteiger charge is 2.20. The monoisotopic (exact) mass is 391 g/mol. The van der Waals surface area contributed by atoms with E-state index < -0.39 is 0 Å². The molecule has 28 heavy (non-hydrogen) atoms. The predicted molar refractivity (Wildman–Crippen MR) is 107 cm³/mol. The van der Waals surface area contributed by atoms with Gasteiger partial charge in [0.25, 0.3) is 0 Å². The van der Waals surface area contributed by atoms with Gasteiger partial charge in [0.1, 0.15) is 0 Å². The molecule has 0 aliphatic heterocycles. The Morgan fingerprint density at radius 3 is 2.75 bits per heavy atom. The Morgan fingerprint density at radius 2 is 2.04 bits per heavy atom. The molecule has 4 aromatic rings. The standard InChI is InChI=1S/C19H14ClN7O/c1-22-13-5-3-4-11(8-13)17-16(12-6-7-15(28)26(2)10-12)18-23-14(9-20)25-27(18)19(21)24-17/h3-8,10H,9H2,2H3,(H2,21,24). The fraction of sp³-hybridized carbons (Fsp3) is 0.105. The van der Waals surface area contributed by atoms with E-state index in [2.05, 4.69) is 19.9 Å². The van der Waals surface area contributed by atoms with Crippen molar-refractivity contribution in [1.82, 2.24) is 24.1 Å². The highest BCUT2D eigenvalue weighted by Crippen LogP contribution is 2.35. The molecule has 0 spiro atoms. The summed E-state index contributed by atoms with van der Waals surface area (Å²) in [5.74, 6) is 0.681. The maximum absolute atomic E-state index is 11.9. The molecule has 0 aliphatic rings. The van der Waals surface area contributed by atoms with E-state index in [0.29, 0.717) is 34.0 Å². The number of nitrogen functional groups attached to an aromatic ring is 1. The smallest absolute Gasteiger partial charge is 0.250 e. The number of halogens is 1. The summed E-state index contributed by atoms with van der Waals surface area (Å²) < 4.78 is 2.90. The molecule has 0 atom stereocenters. The summed E-state index contributed by atoms with van der Waals surface area (Å²) in [6.45, 7) is 7.27. The topological polar surface area (TPSA) is 95.5 Å². The van der Waals surface area contributed by atoms with Crippen molar-refractivity contribution in [3.8, 4) is 22.4 Å². The highest BCUT2D eigenvalue weighted by atomic mass is 35.5. The summed E-state index contributed by atoms with van der Waals surface area (Å²) in [6, 6.07) is 10.2. The summed E-state index contributed by atoms with van der Waals surface area (Å²) in [7, 11) is 1.67. The molecule has 0 saturated carbocycles. The van der Waals surface area contributed by atoms with E-state index in [0.717, 1.165) is 5.56 Å². The van der Waals surface area contributed by atoms with Gasteiger partial charge in [0, 0.05) is 24.9 Å². The molecule has 3 aromatic heterocycles. The van der Waals surface area contributed by atoms with Crippen LogP contribution in [0.5, 0.6) is 0 Å². The predicted octanol–water partition coefficient (Wildman–Crippen LogP) is 3.03. The number of alkyl halides is 1. The third-order valence-electron chi connectivity index (χ3n) is 4.30. The van der Waals surface area contributed by atoms with Crippen LogP contribution < -0.4 is 11.3 Å². The van der Waals surface area contributed by atoms with Crippen molar-refractivity contribution in [2.45, 2.75) is 5.88 Å². The summed E-state index contributed by atoms with van der Waals surface area (Å²) in [5, 5.41) is 4.29. The van der Waals surface area contributed by atoms with E-state index in [9.17, 15) is 4.79 Å². The van der Waals surface area contributed by atoms with Crippen LogP contribution in [0.1, 0.15) is 5.82 Å². The number of nitrogens with two attached hydrogens (primary N) is 1. The van der Waals surface area contributed by atoms with Gasteiger partial charge < -0.3 is 10.3 Å². The molecule has 0 amide bonds. The molecule has 3 heterocycles. The van der Waals surface area contributed by atoms with Crippen molar-refractivity contribution in [2.24, 2.45) is 7.05 Å². The number of nitrogens with zero attached hydrogens (tertiary/aromatic N) is 6. The van der Waals surface area contributed by atoms with E-state index in [1.807, 2.05) is 6.07 Å². The Hall–Kier alpha value is -3.70. The second-order valence-corrected chi connectivity index (χ2v) is 6.39. The number of rotatable bonds is 3. The van der Waals surface area contributed by atoms with Crippen LogP contribution in [0.2, 0.25) is 0 Å². The zero-order valence-electron chi connectivity index (χ0n) is 14.8. The Balaban J connectivity index is 2.12. The number of benzene rings is 1. The molecule has 0 radical (unpaired) electrons. The lowest BCUT2D eigenvalue weighted by molar-refractivity contribution is 0.861. The van der Waals surface area contributed by atoms with Gasteiger partial charge in [-0.05, 0) is 17.7 Å². The summed E-state index contributed by atoms with van der Waals surface area (Å²) in [6.07, 6.45) is 1.70. The Morgan fingerprint density at radius 1 is 1.21 bits per heavy atom. The third-order valence-corrected chi connectivity index (χ3v) is 4.54. The number of fused-ring (bicyclic) bond motifs is 1. The van der Waals surface area contributed by atoms with E-state index in [-0.39, 0.29) is 17.4 Å². The molecule has 8 nitrogen and oxygen atoms in total. The Kier molecular flexibility index (Phi) is 4.29. The SMILES string of the molecule is [C-]#[N+]c1cccc(-c2nc(N)n3nc(CCl)nc3c2-c2ccc(=O)n(C)c2)c1. The van der Waals surface area contributed by atoms with Gasteiger partial charge in [0.15, 0.2) is 17.2 Å². The highest BCUT2D eigenvalue weighted by molar-refractivity contribution is 6.16. The van der Waals surface area contributed by atoms with Crippen LogP contribution in [0.4, 0.5) is 11.6 Å². The van der Waals surface area contributed by atoms with Gasteiger partial charge in [-0.2, -0.15) is 4.52 Å². The number of aryl methyl sites for hydroxylation is 1. The molecular weight excluding hydrogens is 378 g/mol. The first kappa shape index (κ1) is 17.7. The van der Waals surface area contributed by atoms with Crippen molar-refractivity contribution in [3.05, 3.63) is 70.2 Å². The molecule has 0 unspecified atom stereocenters. The molecule has 9 heteroatoms. The number of anilines is 1. The molecule has 0 fully saturated rings. The average molecular weight is 392 g/mol. The van der Waals surface area contributed by atoms with Gasteiger partial charge in [-0.25, -0.2) is 14.8 Å². The van der Waals surface area contributed by atoms with Crippen molar-refractivity contribution >= 4 is 28.9 Å².